The van der Waals surface area contributed by atoms with Crippen LogP contribution in [0.4, 0.5) is 13.2 Å². The summed E-state index contributed by atoms with van der Waals surface area (Å²) in [6.07, 6.45) is -1.35. The number of aromatic nitrogens is 2. The van der Waals surface area contributed by atoms with E-state index >= 15 is 4.39 Å². The van der Waals surface area contributed by atoms with Gasteiger partial charge in [0, 0.05) is 38.9 Å². The molecule has 2 saturated heterocycles. The predicted octanol–water partition coefficient (Wildman–Crippen LogP) is 7.07. The fraction of sp³-hybridized carbons (Fsp3) is 0.581. The van der Waals surface area contributed by atoms with E-state index in [9.17, 15) is 13.9 Å². The molecule has 0 saturated carbocycles. The number of hydrogen-bond donors (Lipinski definition) is 1. The van der Waals surface area contributed by atoms with Gasteiger partial charge in [-0.1, -0.05) is 40.4 Å². The van der Waals surface area contributed by atoms with Gasteiger partial charge in [0.05, 0.1) is 35.9 Å². The lowest BCUT2D eigenvalue weighted by Gasteiger charge is -2.39. The van der Waals surface area contributed by atoms with Crippen molar-refractivity contribution in [1.29, 1.82) is 0 Å². The minimum Gasteiger partial charge on any atom is -0.508 e. The first kappa shape index (κ1) is 33.0. The average molecular weight is 653 g/mol. The summed E-state index contributed by atoms with van der Waals surface area (Å²) in [6.45, 7) is 18.9. The number of hydrogen-bond acceptors (Lipinski definition) is 7. The van der Waals surface area contributed by atoms with Crippen LogP contribution in [0.15, 0.2) is 24.3 Å². The molecule has 0 amide bonds. The minimum atomic E-state index is -2.07. The van der Waals surface area contributed by atoms with E-state index < -0.39 is 57.0 Å². The molecule has 13 heteroatoms. The van der Waals surface area contributed by atoms with E-state index in [0.29, 0.717) is 24.6 Å². The van der Waals surface area contributed by atoms with Crippen molar-refractivity contribution in [3.8, 4) is 22.9 Å². The Kier molecular flexibility index (Phi) is 9.04. The summed E-state index contributed by atoms with van der Waals surface area (Å²) in [7, 11) is -3.43. The molecule has 1 unspecified atom stereocenters. The van der Waals surface area contributed by atoms with Gasteiger partial charge in [0.2, 0.25) is 0 Å². The summed E-state index contributed by atoms with van der Waals surface area (Å²) < 4.78 is 77.8. The van der Waals surface area contributed by atoms with Gasteiger partial charge in [-0.15, -0.1) is 0 Å². The molecule has 2 aromatic heterocycles. The number of rotatable bonds is 10. The zero-order valence-electron chi connectivity index (χ0n) is 26.7. The number of fused-ring (bicyclic) bond motifs is 2. The van der Waals surface area contributed by atoms with Crippen LogP contribution in [-0.2, 0) is 25.4 Å². The first-order valence-corrected chi connectivity index (χ1v) is 21.6. The Morgan fingerprint density at radius 1 is 0.932 bits per heavy atom. The standard InChI is InChI=1S/C31H43F3N2O6Si2/c1-31(2,3)44(7,8)42-25-16-40-29-24(15-39-30(25)29)41-26-14-22-23(36(26)17-38-9-10-43(4,5)6)13-21(34)28(35-22)27-19(32)11-18(37)12-20(27)33/h11-14,24-25,29-30,37H,9-10,15-17H2,1-8H3/t24-,25?,29-,30-/m1/s1. The van der Waals surface area contributed by atoms with Crippen LogP contribution in [0.2, 0.25) is 43.8 Å². The van der Waals surface area contributed by atoms with Gasteiger partial charge < -0.3 is 28.5 Å². The molecule has 0 aliphatic carbocycles. The molecule has 0 bridgehead atoms. The van der Waals surface area contributed by atoms with Crippen LogP contribution in [0.1, 0.15) is 20.8 Å². The third-order valence-electron chi connectivity index (χ3n) is 8.77. The monoisotopic (exact) mass is 652 g/mol. The zero-order valence-corrected chi connectivity index (χ0v) is 28.7. The van der Waals surface area contributed by atoms with Crippen molar-refractivity contribution in [2.75, 3.05) is 19.8 Å². The highest BCUT2D eigenvalue weighted by atomic mass is 28.4. The van der Waals surface area contributed by atoms with Crippen LogP contribution in [0.3, 0.4) is 0 Å². The number of phenolic OH excluding ortho intramolecular Hbond substituents is 1. The topological polar surface area (TPSA) is 84.2 Å². The van der Waals surface area contributed by atoms with Crippen LogP contribution >= 0.6 is 0 Å². The lowest BCUT2D eigenvalue weighted by atomic mass is 10.1. The molecule has 2 fully saturated rings. The van der Waals surface area contributed by atoms with Crippen LogP contribution in [-0.4, -0.2) is 75.3 Å². The second-order valence-corrected chi connectivity index (χ2v) is 24.8. The van der Waals surface area contributed by atoms with Gasteiger partial charge in [0.15, 0.2) is 26.1 Å². The van der Waals surface area contributed by atoms with E-state index in [-0.39, 0.29) is 42.2 Å². The largest absolute Gasteiger partial charge is 0.508 e. The highest BCUT2D eigenvalue weighted by molar-refractivity contribution is 6.76. The zero-order chi connectivity index (χ0) is 32.2. The average Bonchev–Trinajstić information content (AvgIpc) is 3.55. The van der Waals surface area contributed by atoms with Gasteiger partial charge >= 0.3 is 0 Å². The van der Waals surface area contributed by atoms with Gasteiger partial charge in [-0.2, -0.15) is 0 Å². The number of pyridine rings is 1. The molecule has 0 radical (unpaired) electrons. The van der Waals surface area contributed by atoms with Crippen molar-refractivity contribution in [2.24, 2.45) is 0 Å². The first-order chi connectivity index (χ1) is 20.4. The number of halogens is 3. The van der Waals surface area contributed by atoms with Crippen molar-refractivity contribution in [3.05, 3.63) is 41.7 Å². The quantitative estimate of drug-likeness (QED) is 0.185. The molecule has 1 aromatic carbocycles. The van der Waals surface area contributed by atoms with Crippen LogP contribution in [0.25, 0.3) is 22.3 Å². The predicted molar refractivity (Wildman–Crippen MR) is 167 cm³/mol. The highest BCUT2D eigenvalue weighted by Gasteiger charge is 2.52. The van der Waals surface area contributed by atoms with Gasteiger partial charge in [-0.25, -0.2) is 18.2 Å². The fourth-order valence-electron chi connectivity index (χ4n) is 5.20. The number of aromatic hydroxyl groups is 1. The Hall–Kier alpha value is -2.43. The van der Waals surface area contributed by atoms with Crippen molar-refractivity contribution in [1.82, 2.24) is 9.55 Å². The lowest BCUT2D eigenvalue weighted by molar-refractivity contribution is 0.00859. The smallest absolute Gasteiger partial charge is 0.198 e. The van der Waals surface area contributed by atoms with Crippen LogP contribution < -0.4 is 4.74 Å². The van der Waals surface area contributed by atoms with E-state index in [4.69, 9.17) is 23.4 Å². The maximum Gasteiger partial charge on any atom is 0.198 e. The number of ether oxygens (including phenoxy) is 4. The molecule has 3 aromatic rings. The van der Waals surface area contributed by atoms with E-state index in [0.717, 1.165) is 18.2 Å². The van der Waals surface area contributed by atoms with Crippen molar-refractivity contribution in [2.45, 2.75) is 95.7 Å². The molecule has 4 heterocycles. The summed E-state index contributed by atoms with van der Waals surface area (Å²) in [5.74, 6) is -3.44. The molecule has 0 spiro atoms. The SMILES string of the molecule is CC(C)(C)[Si](C)(C)OC1CO[C@H]2[C@@H]1OC[C@H]2Oc1cc2nc(-c3c(F)cc(O)cc3F)c(F)cc2n1COCC[Si](C)(C)C. The van der Waals surface area contributed by atoms with Gasteiger partial charge in [-0.3, -0.25) is 4.57 Å². The fourth-order valence-corrected chi connectivity index (χ4v) is 7.27. The summed E-state index contributed by atoms with van der Waals surface area (Å²) in [5.41, 5.74) is -0.567. The first-order valence-electron chi connectivity index (χ1n) is 15.0. The lowest BCUT2D eigenvalue weighted by Crippen LogP contribution is -2.47. The Labute approximate surface area is 258 Å². The number of nitrogens with zero attached hydrogens (tertiary/aromatic N) is 2. The Balaban J connectivity index is 1.44. The Morgan fingerprint density at radius 3 is 2.16 bits per heavy atom. The Bertz CT molecular complexity index is 1500. The molecule has 5 rings (SSSR count). The minimum absolute atomic E-state index is 0.0309. The maximum absolute atomic E-state index is 15.4. The third kappa shape index (κ3) is 6.72. The van der Waals surface area contributed by atoms with E-state index in [1.807, 2.05) is 0 Å². The number of benzene rings is 1. The molecular formula is C31H43F3N2O6Si2. The van der Waals surface area contributed by atoms with Gasteiger partial charge in [0.25, 0.3) is 0 Å². The summed E-state index contributed by atoms with van der Waals surface area (Å²) in [5, 5.41) is 9.59. The van der Waals surface area contributed by atoms with Crippen molar-refractivity contribution >= 4 is 27.4 Å². The molecular weight excluding hydrogens is 610 g/mol. The molecule has 1 N–H and O–H groups in total. The van der Waals surface area contributed by atoms with E-state index in [1.54, 1.807) is 10.6 Å². The molecule has 8 nitrogen and oxygen atoms in total. The van der Waals surface area contributed by atoms with Crippen molar-refractivity contribution in [3.63, 3.8) is 0 Å². The molecule has 2 aliphatic rings. The van der Waals surface area contributed by atoms with Crippen LogP contribution in [0.5, 0.6) is 11.6 Å². The van der Waals surface area contributed by atoms with Gasteiger partial charge in [-0.05, 0) is 24.2 Å². The normalized spacial score (nSPS) is 22.6. The Morgan fingerprint density at radius 2 is 1.55 bits per heavy atom. The second kappa shape index (κ2) is 12.1. The summed E-state index contributed by atoms with van der Waals surface area (Å²) in [4.78, 5) is 4.30. The number of phenols is 1. The molecule has 4 atom stereocenters. The maximum atomic E-state index is 15.4. The highest BCUT2D eigenvalue weighted by Crippen LogP contribution is 2.41. The van der Waals surface area contributed by atoms with E-state index in [1.165, 1.54) is 6.07 Å². The summed E-state index contributed by atoms with van der Waals surface area (Å²) in [6, 6.07) is 5.14. The van der Waals surface area contributed by atoms with E-state index in [2.05, 4.69) is 58.5 Å². The third-order valence-corrected chi connectivity index (χ3v) is 15.0. The molecule has 2 aliphatic heterocycles. The van der Waals surface area contributed by atoms with Gasteiger partial charge in [0.1, 0.15) is 42.0 Å². The molecule has 242 valence electrons. The molecule has 44 heavy (non-hydrogen) atoms. The van der Waals surface area contributed by atoms with Crippen LogP contribution in [0, 0.1) is 17.5 Å². The summed E-state index contributed by atoms with van der Waals surface area (Å²) >= 11 is 0. The van der Waals surface area contributed by atoms with Crippen molar-refractivity contribution < 1.29 is 41.7 Å². The second-order valence-electron chi connectivity index (χ2n) is 14.4.